The molecule has 0 fully saturated rings. The van der Waals surface area contributed by atoms with Gasteiger partial charge in [-0.2, -0.15) is 5.10 Å². The van der Waals surface area contributed by atoms with Gasteiger partial charge in [-0.15, -0.1) is 0 Å². The van der Waals surface area contributed by atoms with E-state index in [9.17, 15) is 0 Å². The van der Waals surface area contributed by atoms with Crippen LogP contribution in [0.1, 0.15) is 51.1 Å². The highest BCUT2D eigenvalue weighted by atomic mass is 15.3. The van der Waals surface area contributed by atoms with E-state index in [2.05, 4.69) is 25.1 Å². The van der Waals surface area contributed by atoms with Gasteiger partial charge in [0.15, 0.2) is 0 Å². The molecule has 0 aliphatic carbocycles. The highest BCUT2D eigenvalue weighted by Crippen LogP contribution is 2.12. The predicted molar refractivity (Wildman–Crippen MR) is 59.0 cm³/mol. The maximum absolute atomic E-state index is 5.91. The smallest absolute Gasteiger partial charge is 0.0537 e. The average Bonchev–Trinajstić information content (AvgIpc) is 2.66. The Labute approximate surface area is 86.3 Å². The van der Waals surface area contributed by atoms with Gasteiger partial charge in [-0.1, -0.05) is 26.7 Å². The van der Waals surface area contributed by atoms with Gasteiger partial charge in [-0.05, 0) is 12.8 Å². The summed E-state index contributed by atoms with van der Waals surface area (Å²) in [5.74, 6) is 0. The van der Waals surface area contributed by atoms with Crippen LogP contribution >= 0.6 is 0 Å². The molecule has 2 N–H and O–H groups in total. The summed E-state index contributed by atoms with van der Waals surface area (Å²) in [6.45, 7) is 5.32. The molecule has 0 aliphatic rings. The number of unbranched alkanes of at least 4 members (excludes halogenated alkanes) is 2. The molecule has 3 heteroatoms. The first kappa shape index (κ1) is 11.2. The second-order valence-corrected chi connectivity index (χ2v) is 3.76. The summed E-state index contributed by atoms with van der Waals surface area (Å²) in [7, 11) is 0. The lowest BCUT2D eigenvalue weighted by molar-refractivity contribution is 0.552. The average molecular weight is 195 g/mol. The molecular formula is C11H21N3. The first-order chi connectivity index (χ1) is 6.77. The number of rotatable bonds is 6. The normalized spacial score (nSPS) is 13.1. The largest absolute Gasteiger partial charge is 0.324 e. The van der Waals surface area contributed by atoms with Gasteiger partial charge in [0, 0.05) is 24.3 Å². The fraction of sp³-hybridized carbons (Fsp3) is 0.727. The van der Waals surface area contributed by atoms with E-state index in [0.717, 1.165) is 18.5 Å². The molecule has 14 heavy (non-hydrogen) atoms. The zero-order chi connectivity index (χ0) is 10.4. The van der Waals surface area contributed by atoms with Crippen LogP contribution < -0.4 is 5.73 Å². The number of aromatic nitrogens is 2. The van der Waals surface area contributed by atoms with Crippen LogP contribution in [0.15, 0.2) is 12.4 Å². The summed E-state index contributed by atoms with van der Waals surface area (Å²) >= 11 is 0. The lowest BCUT2D eigenvalue weighted by Crippen LogP contribution is -2.07. The Balaban J connectivity index is 2.42. The highest BCUT2D eigenvalue weighted by Gasteiger charge is 2.05. The third-order valence-corrected chi connectivity index (χ3v) is 2.51. The molecule has 1 unspecified atom stereocenters. The third-order valence-electron chi connectivity index (χ3n) is 2.51. The number of nitrogens with two attached hydrogens (primary N) is 1. The van der Waals surface area contributed by atoms with Crippen LogP contribution in [0.5, 0.6) is 0 Å². The Bertz CT molecular complexity index is 255. The first-order valence-electron chi connectivity index (χ1n) is 5.55. The van der Waals surface area contributed by atoms with E-state index < -0.39 is 0 Å². The summed E-state index contributed by atoms with van der Waals surface area (Å²) in [5.41, 5.74) is 7.07. The molecule has 0 aliphatic heterocycles. The maximum Gasteiger partial charge on any atom is 0.0537 e. The minimum atomic E-state index is 0.148. The predicted octanol–water partition coefficient (Wildman–Crippen LogP) is 2.48. The van der Waals surface area contributed by atoms with Crippen molar-refractivity contribution < 1.29 is 0 Å². The summed E-state index contributed by atoms with van der Waals surface area (Å²) in [6.07, 6.45) is 8.67. The fourth-order valence-electron chi connectivity index (χ4n) is 1.45. The summed E-state index contributed by atoms with van der Waals surface area (Å²) < 4.78 is 2.00. The Morgan fingerprint density at radius 1 is 1.43 bits per heavy atom. The topological polar surface area (TPSA) is 43.8 Å². The van der Waals surface area contributed by atoms with E-state index >= 15 is 0 Å². The van der Waals surface area contributed by atoms with E-state index in [1.165, 1.54) is 19.3 Å². The van der Waals surface area contributed by atoms with Crippen molar-refractivity contribution in [3.8, 4) is 0 Å². The Kier molecular flexibility index (Phi) is 4.66. The van der Waals surface area contributed by atoms with Gasteiger partial charge in [-0.3, -0.25) is 4.68 Å². The van der Waals surface area contributed by atoms with Crippen LogP contribution in [-0.4, -0.2) is 9.78 Å². The van der Waals surface area contributed by atoms with Gasteiger partial charge in [-0.25, -0.2) is 0 Å². The van der Waals surface area contributed by atoms with Crippen molar-refractivity contribution in [1.29, 1.82) is 0 Å². The minimum Gasteiger partial charge on any atom is -0.324 e. The SMILES string of the molecule is CCCCCn1cc(C(N)CC)cn1. The van der Waals surface area contributed by atoms with Crippen LogP contribution in [0.2, 0.25) is 0 Å². The molecule has 0 spiro atoms. The van der Waals surface area contributed by atoms with Crippen molar-refractivity contribution in [2.24, 2.45) is 5.73 Å². The standard InChI is InChI=1S/C11H21N3/c1-3-5-6-7-14-9-10(8-13-14)11(12)4-2/h8-9,11H,3-7,12H2,1-2H3. The third kappa shape index (κ3) is 3.14. The molecular weight excluding hydrogens is 174 g/mol. The van der Waals surface area contributed by atoms with E-state index in [1.54, 1.807) is 0 Å². The molecule has 1 atom stereocenters. The quantitative estimate of drug-likeness (QED) is 0.709. The van der Waals surface area contributed by atoms with Crippen LogP contribution in [-0.2, 0) is 6.54 Å². The lowest BCUT2D eigenvalue weighted by Gasteiger charge is -2.04. The molecule has 0 radical (unpaired) electrons. The Hall–Kier alpha value is -0.830. The highest BCUT2D eigenvalue weighted by molar-refractivity contribution is 5.08. The second-order valence-electron chi connectivity index (χ2n) is 3.76. The summed E-state index contributed by atoms with van der Waals surface area (Å²) in [4.78, 5) is 0. The van der Waals surface area contributed by atoms with Crippen molar-refractivity contribution in [1.82, 2.24) is 9.78 Å². The van der Waals surface area contributed by atoms with Gasteiger partial charge in [0.05, 0.1) is 6.20 Å². The molecule has 1 aromatic rings. The molecule has 0 saturated heterocycles. The number of nitrogens with zero attached hydrogens (tertiary/aromatic N) is 2. The van der Waals surface area contributed by atoms with Gasteiger partial charge in [0.2, 0.25) is 0 Å². The molecule has 0 aromatic carbocycles. The van der Waals surface area contributed by atoms with Crippen molar-refractivity contribution in [2.75, 3.05) is 0 Å². The van der Waals surface area contributed by atoms with Gasteiger partial charge < -0.3 is 5.73 Å². The zero-order valence-corrected chi connectivity index (χ0v) is 9.24. The van der Waals surface area contributed by atoms with E-state index in [1.807, 2.05) is 10.9 Å². The van der Waals surface area contributed by atoms with Gasteiger partial charge >= 0.3 is 0 Å². The van der Waals surface area contributed by atoms with Gasteiger partial charge in [0.1, 0.15) is 0 Å². The summed E-state index contributed by atoms with van der Waals surface area (Å²) in [5, 5.41) is 4.29. The maximum atomic E-state index is 5.91. The number of hydrogen-bond donors (Lipinski definition) is 1. The molecule has 80 valence electrons. The molecule has 1 rings (SSSR count). The van der Waals surface area contributed by atoms with E-state index in [-0.39, 0.29) is 6.04 Å². The van der Waals surface area contributed by atoms with Crippen molar-refractivity contribution in [2.45, 2.75) is 52.1 Å². The van der Waals surface area contributed by atoms with Crippen LogP contribution in [0.3, 0.4) is 0 Å². The molecule has 0 bridgehead atoms. The van der Waals surface area contributed by atoms with Crippen LogP contribution in [0.4, 0.5) is 0 Å². The van der Waals surface area contributed by atoms with Crippen molar-refractivity contribution in [3.63, 3.8) is 0 Å². The molecule has 0 amide bonds. The molecule has 1 heterocycles. The zero-order valence-electron chi connectivity index (χ0n) is 9.24. The van der Waals surface area contributed by atoms with E-state index in [4.69, 9.17) is 5.73 Å². The van der Waals surface area contributed by atoms with Crippen LogP contribution in [0, 0.1) is 0 Å². The summed E-state index contributed by atoms with van der Waals surface area (Å²) in [6, 6.07) is 0.148. The Morgan fingerprint density at radius 3 is 2.86 bits per heavy atom. The van der Waals surface area contributed by atoms with Crippen molar-refractivity contribution >= 4 is 0 Å². The number of hydrogen-bond acceptors (Lipinski definition) is 2. The molecule has 3 nitrogen and oxygen atoms in total. The number of aryl methyl sites for hydroxylation is 1. The fourth-order valence-corrected chi connectivity index (χ4v) is 1.45. The minimum absolute atomic E-state index is 0.148. The van der Waals surface area contributed by atoms with Gasteiger partial charge in [0.25, 0.3) is 0 Å². The second kappa shape index (κ2) is 5.81. The molecule has 1 aromatic heterocycles. The van der Waals surface area contributed by atoms with E-state index in [0.29, 0.717) is 0 Å². The van der Waals surface area contributed by atoms with Crippen LogP contribution in [0.25, 0.3) is 0 Å². The molecule has 0 saturated carbocycles. The van der Waals surface area contributed by atoms with Crippen molar-refractivity contribution in [3.05, 3.63) is 18.0 Å². The Morgan fingerprint density at radius 2 is 2.21 bits per heavy atom. The lowest BCUT2D eigenvalue weighted by atomic mass is 10.1. The monoisotopic (exact) mass is 195 g/mol. The first-order valence-corrected chi connectivity index (χ1v) is 5.55.